The van der Waals surface area contributed by atoms with Crippen molar-refractivity contribution in [1.29, 1.82) is 0 Å². The number of piperazine rings is 1. The van der Waals surface area contributed by atoms with E-state index in [0.29, 0.717) is 4.31 Å². The normalized spacial score (nSPS) is 16.6. The summed E-state index contributed by atoms with van der Waals surface area (Å²) in [6.07, 6.45) is 0. The van der Waals surface area contributed by atoms with Crippen molar-refractivity contribution in [1.82, 2.24) is 9.62 Å². The van der Waals surface area contributed by atoms with E-state index in [1.54, 1.807) is 0 Å². The van der Waals surface area contributed by atoms with E-state index in [0.717, 1.165) is 18.2 Å². The molecule has 1 aromatic carbocycles. The topological polar surface area (TPSA) is 127 Å². The summed E-state index contributed by atoms with van der Waals surface area (Å²) in [5.41, 5.74) is -0.467. The average Bonchev–Trinajstić information content (AvgIpc) is 2.37. The zero-order valence-corrected chi connectivity index (χ0v) is 11.8. The molecule has 21 heavy (non-hydrogen) atoms. The van der Waals surface area contributed by atoms with Crippen molar-refractivity contribution in [2.75, 3.05) is 13.1 Å². The highest BCUT2D eigenvalue weighted by Crippen LogP contribution is 2.28. The van der Waals surface area contributed by atoms with Crippen LogP contribution in [0, 0.1) is 10.1 Å². The number of nitro groups is 1. The second kappa shape index (κ2) is 5.39. The number of benzene rings is 1. The van der Waals surface area contributed by atoms with Gasteiger partial charge in [-0.15, -0.1) is 0 Å². The molecular weight excluding hydrogens is 326 g/mol. The number of rotatable bonds is 3. The van der Waals surface area contributed by atoms with Crippen molar-refractivity contribution in [3.63, 3.8) is 0 Å². The molecule has 1 heterocycles. The number of nitro benzene ring substituents is 1. The lowest BCUT2D eigenvalue weighted by Crippen LogP contribution is -2.53. The van der Waals surface area contributed by atoms with Crippen molar-refractivity contribution in [3.05, 3.63) is 33.3 Å². The molecule has 1 saturated heterocycles. The van der Waals surface area contributed by atoms with Gasteiger partial charge in [0.2, 0.25) is 21.8 Å². The Bertz CT molecular complexity index is 731. The third-order valence-electron chi connectivity index (χ3n) is 2.66. The van der Waals surface area contributed by atoms with E-state index in [9.17, 15) is 28.1 Å². The molecule has 0 unspecified atom stereocenters. The number of carbonyl (C=O) groups excluding carboxylic acids is 2. The monoisotopic (exact) mass is 333 g/mol. The molecule has 2 amide bonds. The van der Waals surface area contributed by atoms with E-state index in [4.69, 9.17) is 11.6 Å². The van der Waals surface area contributed by atoms with Gasteiger partial charge in [-0.3, -0.25) is 25.0 Å². The first-order chi connectivity index (χ1) is 9.71. The van der Waals surface area contributed by atoms with Crippen molar-refractivity contribution in [2.45, 2.75) is 4.90 Å². The molecule has 1 aromatic rings. The number of non-ortho nitro benzene ring substituents is 1. The van der Waals surface area contributed by atoms with Gasteiger partial charge in [0.15, 0.2) is 0 Å². The summed E-state index contributed by atoms with van der Waals surface area (Å²) >= 11 is 5.76. The largest absolute Gasteiger partial charge is 0.294 e. The Morgan fingerprint density at radius 2 is 1.81 bits per heavy atom. The van der Waals surface area contributed by atoms with E-state index < -0.39 is 50.4 Å². The summed E-state index contributed by atoms with van der Waals surface area (Å²) in [6, 6.07) is 2.91. The van der Waals surface area contributed by atoms with E-state index in [2.05, 4.69) is 0 Å². The van der Waals surface area contributed by atoms with E-state index in [1.165, 1.54) is 0 Å². The summed E-state index contributed by atoms with van der Waals surface area (Å²) in [5, 5.41) is 12.4. The summed E-state index contributed by atoms with van der Waals surface area (Å²) < 4.78 is 25.3. The minimum absolute atomic E-state index is 0.237. The molecule has 0 spiro atoms. The number of imide groups is 1. The molecule has 112 valence electrons. The minimum Gasteiger partial charge on any atom is -0.294 e. The van der Waals surface area contributed by atoms with Gasteiger partial charge in [-0.2, -0.15) is 4.31 Å². The van der Waals surface area contributed by atoms with Gasteiger partial charge in [0, 0.05) is 12.1 Å². The maximum Gasteiger partial charge on any atom is 0.270 e. The quantitative estimate of drug-likeness (QED) is 0.467. The number of nitrogens with zero attached hydrogens (tertiary/aromatic N) is 2. The molecule has 1 fully saturated rings. The first kappa shape index (κ1) is 15.4. The molecule has 0 atom stereocenters. The number of sulfonamides is 1. The lowest BCUT2D eigenvalue weighted by Gasteiger charge is -2.25. The predicted octanol–water partition coefficient (Wildman–Crippen LogP) is -0.105. The van der Waals surface area contributed by atoms with Gasteiger partial charge >= 0.3 is 0 Å². The van der Waals surface area contributed by atoms with Crippen molar-refractivity contribution < 1.29 is 22.9 Å². The van der Waals surface area contributed by atoms with Crippen LogP contribution in [-0.4, -0.2) is 42.6 Å². The first-order valence-corrected chi connectivity index (χ1v) is 7.30. The number of carbonyl (C=O) groups is 2. The number of hydrogen-bond acceptors (Lipinski definition) is 6. The molecule has 0 aromatic heterocycles. The lowest BCUT2D eigenvalue weighted by atomic mass is 10.3. The fourth-order valence-electron chi connectivity index (χ4n) is 1.72. The molecule has 9 nitrogen and oxygen atoms in total. The maximum absolute atomic E-state index is 12.4. The zero-order valence-electron chi connectivity index (χ0n) is 10.3. The Morgan fingerprint density at radius 1 is 1.24 bits per heavy atom. The second-order valence-corrected chi connectivity index (χ2v) is 6.43. The maximum atomic E-state index is 12.4. The SMILES string of the molecule is O=C1CN(S(=O)(=O)c2cc([N+](=O)[O-])ccc2Cl)CC(=O)N1. The Kier molecular flexibility index (Phi) is 3.94. The summed E-state index contributed by atoms with van der Waals surface area (Å²) in [7, 11) is -4.30. The minimum atomic E-state index is -4.30. The van der Waals surface area contributed by atoms with Crippen LogP contribution < -0.4 is 5.32 Å². The molecule has 0 radical (unpaired) electrons. The Morgan fingerprint density at radius 3 is 2.33 bits per heavy atom. The van der Waals surface area contributed by atoms with Gasteiger partial charge < -0.3 is 0 Å². The molecule has 0 saturated carbocycles. The standard InChI is InChI=1S/C10H8ClN3O6S/c11-7-2-1-6(14(17)18)3-8(7)21(19,20)13-4-9(15)12-10(16)5-13/h1-3H,4-5H2,(H,12,15,16). The number of nitrogens with one attached hydrogen (secondary N) is 1. The number of amides is 2. The van der Waals surface area contributed by atoms with E-state index >= 15 is 0 Å². The molecule has 2 rings (SSSR count). The Balaban J connectivity index is 2.48. The fourth-order valence-corrected chi connectivity index (χ4v) is 3.57. The summed E-state index contributed by atoms with van der Waals surface area (Å²) in [6.45, 7) is -1.12. The molecular formula is C10H8ClN3O6S. The third-order valence-corrected chi connectivity index (χ3v) is 4.94. The Labute approximate surface area is 123 Å². The number of hydrogen-bond donors (Lipinski definition) is 1. The molecule has 11 heteroatoms. The van der Waals surface area contributed by atoms with Crippen LogP contribution >= 0.6 is 11.6 Å². The van der Waals surface area contributed by atoms with Gasteiger partial charge in [0.25, 0.3) is 5.69 Å². The van der Waals surface area contributed by atoms with Crippen LogP contribution in [-0.2, 0) is 19.6 Å². The summed E-state index contributed by atoms with van der Waals surface area (Å²) in [4.78, 5) is 31.9. The van der Waals surface area contributed by atoms with Gasteiger partial charge in [-0.25, -0.2) is 8.42 Å². The van der Waals surface area contributed by atoms with Gasteiger partial charge in [-0.05, 0) is 6.07 Å². The predicted molar refractivity (Wildman–Crippen MR) is 70.0 cm³/mol. The summed E-state index contributed by atoms with van der Waals surface area (Å²) in [5.74, 6) is -1.56. The molecule has 1 N–H and O–H groups in total. The molecule has 0 bridgehead atoms. The van der Waals surface area contributed by atoms with Crippen LogP contribution in [0.15, 0.2) is 23.1 Å². The van der Waals surface area contributed by atoms with Crippen LogP contribution in [0.5, 0.6) is 0 Å². The van der Waals surface area contributed by atoms with Crippen LogP contribution in [0.3, 0.4) is 0 Å². The molecule has 1 aliphatic rings. The molecule has 0 aliphatic carbocycles. The van der Waals surface area contributed by atoms with E-state index in [-0.39, 0.29) is 5.02 Å². The van der Waals surface area contributed by atoms with Crippen LogP contribution in [0.25, 0.3) is 0 Å². The van der Waals surface area contributed by atoms with Gasteiger partial charge in [0.1, 0.15) is 4.90 Å². The smallest absolute Gasteiger partial charge is 0.270 e. The number of halogens is 1. The van der Waals surface area contributed by atoms with Crippen LogP contribution in [0.4, 0.5) is 5.69 Å². The molecule has 1 aliphatic heterocycles. The fraction of sp³-hybridized carbons (Fsp3) is 0.200. The van der Waals surface area contributed by atoms with Crippen LogP contribution in [0.2, 0.25) is 5.02 Å². The lowest BCUT2D eigenvalue weighted by molar-refractivity contribution is -0.385. The average molecular weight is 334 g/mol. The van der Waals surface area contributed by atoms with Gasteiger partial charge in [-0.1, -0.05) is 11.6 Å². The van der Waals surface area contributed by atoms with Crippen molar-refractivity contribution >= 4 is 39.1 Å². The zero-order chi connectivity index (χ0) is 15.8. The third kappa shape index (κ3) is 3.01. The van der Waals surface area contributed by atoms with Crippen LogP contribution in [0.1, 0.15) is 0 Å². The first-order valence-electron chi connectivity index (χ1n) is 5.48. The second-order valence-electron chi connectivity index (χ2n) is 4.12. The van der Waals surface area contributed by atoms with Crippen molar-refractivity contribution in [2.24, 2.45) is 0 Å². The Hall–Kier alpha value is -2.04. The highest BCUT2D eigenvalue weighted by molar-refractivity contribution is 7.89. The highest BCUT2D eigenvalue weighted by atomic mass is 35.5. The van der Waals surface area contributed by atoms with Crippen molar-refractivity contribution in [3.8, 4) is 0 Å². The van der Waals surface area contributed by atoms with Gasteiger partial charge in [0.05, 0.1) is 23.0 Å². The highest BCUT2D eigenvalue weighted by Gasteiger charge is 2.34. The van der Waals surface area contributed by atoms with E-state index in [1.807, 2.05) is 5.32 Å².